The molecule has 1 amide bonds. The molecule has 2 unspecified atom stereocenters. The summed E-state index contributed by atoms with van der Waals surface area (Å²) in [6.07, 6.45) is -7.01. The third kappa shape index (κ3) is 4.39. The molecule has 1 saturated heterocycles. The maximum Gasteiger partial charge on any atom is 0.415 e. The number of halogens is 3. The van der Waals surface area contributed by atoms with Crippen LogP contribution in [0.1, 0.15) is 6.42 Å². The monoisotopic (exact) mass is 256 g/mol. The Balaban J connectivity index is 2.33. The van der Waals surface area contributed by atoms with Gasteiger partial charge < -0.3 is 15.2 Å². The van der Waals surface area contributed by atoms with E-state index in [-0.39, 0.29) is 12.6 Å². The van der Waals surface area contributed by atoms with Gasteiger partial charge in [0.1, 0.15) is 0 Å². The van der Waals surface area contributed by atoms with E-state index in [4.69, 9.17) is 5.11 Å². The molecule has 0 saturated carbocycles. The second-order valence-electron chi connectivity index (χ2n) is 3.94. The predicted octanol–water partition coefficient (Wildman–Crippen LogP) is 0.340. The van der Waals surface area contributed by atoms with Crippen LogP contribution in [0.3, 0.4) is 0 Å². The van der Waals surface area contributed by atoms with Gasteiger partial charge in [0, 0.05) is 25.7 Å². The summed E-state index contributed by atoms with van der Waals surface area (Å²) < 4.78 is 40.7. The van der Waals surface area contributed by atoms with Crippen molar-refractivity contribution in [1.29, 1.82) is 0 Å². The van der Waals surface area contributed by atoms with Crippen LogP contribution in [0.4, 0.5) is 18.0 Å². The van der Waals surface area contributed by atoms with Gasteiger partial charge in [-0.3, -0.25) is 4.90 Å². The van der Waals surface area contributed by atoms with E-state index < -0.39 is 24.9 Å². The number of nitrogens with one attached hydrogen (secondary N) is 1. The molecule has 0 aromatic rings. The number of alkyl halides is 3. The van der Waals surface area contributed by atoms with Crippen molar-refractivity contribution in [3.63, 3.8) is 0 Å². The summed E-state index contributed by atoms with van der Waals surface area (Å²) in [6, 6.07) is -0.233. The van der Waals surface area contributed by atoms with Gasteiger partial charge in [0.25, 0.3) is 0 Å². The Kier molecular flexibility index (Phi) is 4.58. The molecule has 1 fully saturated rings. The minimum absolute atomic E-state index is 0.233. The fourth-order valence-electron chi connectivity index (χ4n) is 1.69. The van der Waals surface area contributed by atoms with E-state index in [1.165, 1.54) is 12.0 Å². The number of methoxy groups -OCH3 is 1. The molecule has 5 nitrogen and oxygen atoms in total. The molecular formula is C9H15F3N2O3. The van der Waals surface area contributed by atoms with Crippen molar-refractivity contribution in [2.24, 2.45) is 0 Å². The first-order valence-corrected chi connectivity index (χ1v) is 5.14. The number of β-amino-alcohol motifs (C(OH)–C–C–N with tert-alkyl or cyclic N) is 1. The highest BCUT2D eigenvalue weighted by atomic mass is 19.4. The van der Waals surface area contributed by atoms with E-state index in [1.54, 1.807) is 0 Å². The number of rotatable bonds is 3. The van der Waals surface area contributed by atoms with Crippen molar-refractivity contribution < 1.29 is 27.8 Å². The van der Waals surface area contributed by atoms with Crippen LogP contribution in [0.2, 0.25) is 0 Å². The summed E-state index contributed by atoms with van der Waals surface area (Å²) in [7, 11) is 1.22. The van der Waals surface area contributed by atoms with Crippen molar-refractivity contribution in [2.45, 2.75) is 24.7 Å². The molecular weight excluding hydrogens is 241 g/mol. The largest absolute Gasteiger partial charge is 0.453 e. The molecule has 17 heavy (non-hydrogen) atoms. The summed E-state index contributed by atoms with van der Waals surface area (Å²) in [5.41, 5.74) is 0. The fourth-order valence-corrected chi connectivity index (χ4v) is 1.69. The number of carbonyl (C=O) groups excluding carboxylic acids is 1. The molecule has 1 aliphatic rings. The summed E-state index contributed by atoms with van der Waals surface area (Å²) >= 11 is 0. The lowest BCUT2D eigenvalue weighted by Gasteiger charge is -2.21. The third-order valence-corrected chi connectivity index (χ3v) is 2.59. The van der Waals surface area contributed by atoms with Gasteiger partial charge in [-0.15, -0.1) is 0 Å². The number of alkyl carbamates (subject to hydrolysis) is 1. The topological polar surface area (TPSA) is 61.8 Å². The second-order valence-corrected chi connectivity index (χ2v) is 3.94. The number of hydrogen-bond donors (Lipinski definition) is 2. The predicted molar refractivity (Wildman–Crippen MR) is 52.4 cm³/mol. The van der Waals surface area contributed by atoms with E-state index in [2.05, 4.69) is 10.1 Å². The molecule has 0 aromatic carbocycles. The third-order valence-electron chi connectivity index (χ3n) is 2.59. The maximum absolute atomic E-state index is 12.1. The number of aliphatic hydroxyl groups excluding tert-OH is 1. The average molecular weight is 256 g/mol. The number of nitrogens with zero attached hydrogens (tertiary/aromatic N) is 1. The first-order valence-electron chi connectivity index (χ1n) is 5.14. The highest BCUT2D eigenvalue weighted by Gasteiger charge is 2.40. The molecule has 100 valence electrons. The van der Waals surface area contributed by atoms with Crippen molar-refractivity contribution in [3.05, 3.63) is 0 Å². The smallest absolute Gasteiger partial charge is 0.415 e. The Labute approximate surface area is 96.5 Å². The van der Waals surface area contributed by atoms with Gasteiger partial charge in [0.05, 0.1) is 7.11 Å². The van der Waals surface area contributed by atoms with Crippen LogP contribution in [0.15, 0.2) is 0 Å². The van der Waals surface area contributed by atoms with Crippen molar-refractivity contribution >= 4 is 6.09 Å². The Morgan fingerprint density at radius 1 is 1.65 bits per heavy atom. The fraction of sp³-hybridized carbons (Fsp3) is 0.889. The molecule has 1 rings (SSSR count). The summed E-state index contributed by atoms with van der Waals surface area (Å²) in [6.45, 7) is 0.215. The van der Waals surface area contributed by atoms with Crippen molar-refractivity contribution in [1.82, 2.24) is 10.2 Å². The summed E-state index contributed by atoms with van der Waals surface area (Å²) in [5.74, 6) is 0. The van der Waals surface area contributed by atoms with Crippen LogP contribution in [-0.2, 0) is 4.74 Å². The molecule has 2 N–H and O–H groups in total. The lowest BCUT2D eigenvalue weighted by atomic mass is 10.3. The number of aliphatic hydroxyl groups is 1. The first kappa shape index (κ1) is 14.0. The van der Waals surface area contributed by atoms with Crippen molar-refractivity contribution in [2.75, 3.05) is 26.7 Å². The molecule has 1 aliphatic heterocycles. The zero-order chi connectivity index (χ0) is 13.1. The Bertz CT molecular complexity index is 273. The van der Waals surface area contributed by atoms with Crippen LogP contribution < -0.4 is 5.32 Å². The highest BCUT2D eigenvalue weighted by molar-refractivity contribution is 5.67. The molecule has 0 aliphatic carbocycles. The van der Waals surface area contributed by atoms with Crippen LogP contribution in [0.5, 0.6) is 0 Å². The van der Waals surface area contributed by atoms with Gasteiger partial charge >= 0.3 is 12.3 Å². The Morgan fingerprint density at radius 3 is 2.82 bits per heavy atom. The van der Waals surface area contributed by atoms with Crippen LogP contribution in [0.25, 0.3) is 0 Å². The lowest BCUT2D eigenvalue weighted by molar-refractivity contribution is -0.207. The number of hydrogen-bond acceptors (Lipinski definition) is 4. The number of ether oxygens (including phenoxy) is 1. The first-order chi connectivity index (χ1) is 7.82. The molecule has 0 aromatic heterocycles. The van der Waals surface area contributed by atoms with Gasteiger partial charge in [0.15, 0.2) is 6.10 Å². The molecule has 1 heterocycles. The molecule has 2 atom stereocenters. The molecule has 8 heteroatoms. The van der Waals surface area contributed by atoms with E-state index in [0.29, 0.717) is 13.0 Å². The quantitative estimate of drug-likeness (QED) is 0.764. The zero-order valence-corrected chi connectivity index (χ0v) is 9.33. The maximum atomic E-state index is 12.1. The average Bonchev–Trinajstić information content (AvgIpc) is 2.64. The van der Waals surface area contributed by atoms with Crippen molar-refractivity contribution in [3.8, 4) is 0 Å². The van der Waals surface area contributed by atoms with Gasteiger partial charge in [-0.25, -0.2) is 4.79 Å². The van der Waals surface area contributed by atoms with E-state index in [0.717, 1.165) is 0 Å². The van der Waals surface area contributed by atoms with E-state index >= 15 is 0 Å². The minimum Gasteiger partial charge on any atom is -0.453 e. The zero-order valence-electron chi connectivity index (χ0n) is 9.33. The minimum atomic E-state index is -4.60. The number of likely N-dealkylation sites (tertiary alicyclic amines) is 1. The lowest BCUT2D eigenvalue weighted by Crippen LogP contribution is -2.42. The summed E-state index contributed by atoms with van der Waals surface area (Å²) in [4.78, 5) is 12.3. The SMILES string of the molecule is COC(=O)NC1CCN(CC(O)C(F)(F)F)C1. The summed E-state index contributed by atoms with van der Waals surface area (Å²) in [5, 5.41) is 11.4. The van der Waals surface area contributed by atoms with Crippen LogP contribution in [0, 0.1) is 0 Å². The Morgan fingerprint density at radius 2 is 2.29 bits per heavy atom. The van der Waals surface area contributed by atoms with E-state index in [1.807, 2.05) is 0 Å². The van der Waals surface area contributed by atoms with Crippen LogP contribution in [-0.4, -0.2) is 61.2 Å². The van der Waals surface area contributed by atoms with Gasteiger partial charge in [-0.05, 0) is 6.42 Å². The number of carbonyl (C=O) groups is 1. The standard InChI is InChI=1S/C9H15F3N2O3/c1-17-8(16)13-6-2-3-14(4-6)5-7(15)9(10,11)12/h6-7,15H,2-5H2,1H3,(H,13,16). The van der Waals surface area contributed by atoms with Crippen LogP contribution >= 0.6 is 0 Å². The molecule has 0 radical (unpaired) electrons. The number of amides is 1. The second kappa shape index (κ2) is 5.54. The van der Waals surface area contributed by atoms with Gasteiger partial charge in [-0.1, -0.05) is 0 Å². The normalized spacial score (nSPS) is 23.5. The molecule has 0 bridgehead atoms. The highest BCUT2D eigenvalue weighted by Crippen LogP contribution is 2.22. The molecule has 0 spiro atoms. The van der Waals surface area contributed by atoms with Gasteiger partial charge in [0.2, 0.25) is 0 Å². The van der Waals surface area contributed by atoms with Gasteiger partial charge in [-0.2, -0.15) is 13.2 Å². The Hall–Kier alpha value is -1.02. The van der Waals surface area contributed by atoms with E-state index in [9.17, 15) is 18.0 Å².